The van der Waals surface area contributed by atoms with Crippen LogP contribution in [0.1, 0.15) is 19.2 Å². The fourth-order valence-corrected chi connectivity index (χ4v) is 3.99. The summed E-state index contributed by atoms with van der Waals surface area (Å²) in [5, 5.41) is 4.67. The molecule has 1 fully saturated rings. The Morgan fingerprint density at radius 2 is 2.03 bits per heavy atom. The minimum atomic E-state index is -0.325. The highest BCUT2D eigenvalue weighted by Crippen LogP contribution is 2.38. The largest absolute Gasteiger partial charge is 0.421 e. The molecule has 0 radical (unpaired) electrons. The maximum atomic E-state index is 14.3. The fraction of sp³-hybridized carbons (Fsp3) is 0.333. The lowest BCUT2D eigenvalue weighted by Gasteiger charge is -2.18. The number of anilines is 2. The first-order valence-electron chi connectivity index (χ1n) is 9.94. The number of rotatable bonds is 4. The Morgan fingerprint density at radius 1 is 1.23 bits per heavy atom. The quantitative estimate of drug-likeness (QED) is 0.528. The summed E-state index contributed by atoms with van der Waals surface area (Å²) in [6.45, 7) is 5.82. The van der Waals surface area contributed by atoms with E-state index in [9.17, 15) is 4.39 Å². The van der Waals surface area contributed by atoms with E-state index < -0.39 is 0 Å². The van der Waals surface area contributed by atoms with Crippen molar-refractivity contribution in [2.45, 2.75) is 20.3 Å². The third-order valence-corrected chi connectivity index (χ3v) is 5.48. The number of hydrogen-bond acceptors (Lipinski definition) is 7. The molecule has 0 bridgehead atoms. The predicted octanol–water partition coefficient (Wildman–Crippen LogP) is 4.03. The Labute approximate surface area is 172 Å². The lowest BCUT2D eigenvalue weighted by Crippen LogP contribution is -2.21. The zero-order valence-electron chi connectivity index (χ0n) is 17.0. The molecule has 0 aliphatic carbocycles. The van der Waals surface area contributed by atoms with Gasteiger partial charge < -0.3 is 19.9 Å². The molecular weight excluding hydrogens is 385 g/mol. The summed E-state index contributed by atoms with van der Waals surface area (Å²) < 4.78 is 20.2. The Hall–Kier alpha value is -3.49. The number of aromatic amines is 1. The van der Waals surface area contributed by atoms with Gasteiger partial charge in [-0.25, -0.2) is 14.4 Å². The van der Waals surface area contributed by atoms with Gasteiger partial charge in [0.2, 0.25) is 0 Å². The molecule has 154 valence electrons. The molecule has 1 saturated heterocycles. The molecule has 4 aromatic rings. The van der Waals surface area contributed by atoms with Crippen molar-refractivity contribution in [1.82, 2.24) is 24.9 Å². The third-order valence-electron chi connectivity index (χ3n) is 5.48. The number of halogens is 1. The van der Waals surface area contributed by atoms with E-state index in [1.807, 2.05) is 6.92 Å². The lowest BCUT2D eigenvalue weighted by molar-refractivity contribution is 0.439. The van der Waals surface area contributed by atoms with E-state index in [2.05, 4.69) is 37.1 Å². The number of ether oxygens (including phenoxy) is 1. The van der Waals surface area contributed by atoms with Crippen molar-refractivity contribution in [3.8, 4) is 11.8 Å². The maximum absolute atomic E-state index is 14.3. The Balaban J connectivity index is 1.71. The fourth-order valence-electron chi connectivity index (χ4n) is 3.99. The van der Waals surface area contributed by atoms with E-state index >= 15 is 0 Å². The highest BCUT2D eigenvalue weighted by Gasteiger charge is 2.26. The van der Waals surface area contributed by atoms with Crippen molar-refractivity contribution >= 4 is 33.4 Å². The van der Waals surface area contributed by atoms with Crippen molar-refractivity contribution in [2.75, 3.05) is 30.4 Å². The van der Waals surface area contributed by atoms with Crippen molar-refractivity contribution < 1.29 is 9.13 Å². The van der Waals surface area contributed by atoms with Crippen LogP contribution >= 0.6 is 0 Å². The van der Waals surface area contributed by atoms with E-state index in [1.54, 1.807) is 25.5 Å². The summed E-state index contributed by atoms with van der Waals surface area (Å²) in [7, 11) is 1.70. The first kappa shape index (κ1) is 18.5. The normalized spacial score (nSPS) is 16.5. The highest BCUT2D eigenvalue weighted by molar-refractivity contribution is 6.14. The summed E-state index contributed by atoms with van der Waals surface area (Å²) >= 11 is 0. The molecule has 4 heterocycles. The monoisotopic (exact) mass is 407 g/mol. The van der Waals surface area contributed by atoms with Crippen LogP contribution in [0.15, 0.2) is 24.5 Å². The van der Waals surface area contributed by atoms with Gasteiger partial charge in [0.05, 0.1) is 29.0 Å². The van der Waals surface area contributed by atoms with Crippen LogP contribution in [0.25, 0.3) is 21.9 Å². The van der Waals surface area contributed by atoms with Gasteiger partial charge in [-0.05, 0) is 31.4 Å². The van der Waals surface area contributed by atoms with Gasteiger partial charge in [0.15, 0.2) is 5.75 Å². The van der Waals surface area contributed by atoms with Gasteiger partial charge in [-0.3, -0.25) is 0 Å². The standard InChI is InChI=1S/C21H22FN7O/c1-11-6-7-29(10-11)20-16-14-4-5-15(22)18(23-3)17(14)26-19(16)27-21(28-20)30-13-8-24-12(2)25-9-13/h4-5,8-9,11,23H,6-7,10H2,1-3H3,(H,26,27,28)/t11-/m1/s1. The van der Waals surface area contributed by atoms with Crippen molar-refractivity contribution in [3.05, 3.63) is 36.2 Å². The van der Waals surface area contributed by atoms with Gasteiger partial charge in [0, 0.05) is 25.5 Å². The average Bonchev–Trinajstić information content (AvgIpc) is 3.32. The van der Waals surface area contributed by atoms with Crippen LogP contribution in [0, 0.1) is 18.7 Å². The second-order valence-corrected chi connectivity index (χ2v) is 7.68. The van der Waals surface area contributed by atoms with Gasteiger partial charge in [0.25, 0.3) is 0 Å². The van der Waals surface area contributed by atoms with Crippen molar-refractivity contribution in [1.29, 1.82) is 0 Å². The molecule has 3 aromatic heterocycles. The smallest absolute Gasteiger partial charge is 0.326 e. The number of benzene rings is 1. The Morgan fingerprint density at radius 3 is 2.73 bits per heavy atom. The predicted molar refractivity (Wildman–Crippen MR) is 114 cm³/mol. The molecule has 1 aromatic carbocycles. The summed E-state index contributed by atoms with van der Waals surface area (Å²) in [4.78, 5) is 23.1. The first-order chi connectivity index (χ1) is 14.5. The first-order valence-corrected chi connectivity index (χ1v) is 9.94. The van der Waals surface area contributed by atoms with E-state index in [0.29, 0.717) is 34.3 Å². The summed E-state index contributed by atoms with van der Waals surface area (Å²) in [6, 6.07) is 3.43. The molecule has 9 heteroatoms. The zero-order chi connectivity index (χ0) is 20.8. The van der Waals surface area contributed by atoms with Gasteiger partial charge in [-0.2, -0.15) is 9.97 Å². The van der Waals surface area contributed by atoms with Crippen LogP contribution in [0.5, 0.6) is 11.8 Å². The maximum Gasteiger partial charge on any atom is 0.326 e. The average molecular weight is 407 g/mol. The number of H-pyrrole nitrogens is 1. The number of aromatic nitrogens is 5. The zero-order valence-corrected chi connectivity index (χ0v) is 17.0. The minimum absolute atomic E-state index is 0.197. The molecule has 0 spiro atoms. The van der Waals surface area contributed by atoms with Crippen molar-refractivity contribution in [2.24, 2.45) is 5.92 Å². The molecule has 8 nitrogen and oxygen atoms in total. The van der Waals surface area contributed by atoms with E-state index in [0.717, 1.165) is 36.1 Å². The van der Waals surface area contributed by atoms with Gasteiger partial charge in [0.1, 0.15) is 23.1 Å². The van der Waals surface area contributed by atoms with Crippen LogP contribution in [0.4, 0.5) is 15.9 Å². The van der Waals surface area contributed by atoms with Crippen molar-refractivity contribution in [3.63, 3.8) is 0 Å². The lowest BCUT2D eigenvalue weighted by atomic mass is 10.1. The van der Waals surface area contributed by atoms with E-state index in [4.69, 9.17) is 9.72 Å². The number of hydrogen-bond donors (Lipinski definition) is 2. The Kier molecular flexibility index (Phi) is 4.38. The third kappa shape index (κ3) is 3.06. The SMILES string of the molecule is CNc1c(F)ccc2c1[nH]c1nc(Oc3cnc(C)nc3)nc(N3CC[C@@H](C)C3)c12. The Bertz CT molecular complexity index is 1240. The number of nitrogens with zero attached hydrogens (tertiary/aromatic N) is 5. The summed E-state index contributed by atoms with van der Waals surface area (Å²) in [5.41, 5.74) is 1.66. The van der Waals surface area contributed by atoms with Crippen LogP contribution in [0.3, 0.4) is 0 Å². The second kappa shape index (κ2) is 7.08. The van der Waals surface area contributed by atoms with Gasteiger partial charge in [-0.15, -0.1) is 0 Å². The molecule has 2 N–H and O–H groups in total. The molecule has 0 amide bonds. The van der Waals surface area contributed by atoms with Gasteiger partial charge >= 0.3 is 6.01 Å². The van der Waals surface area contributed by atoms with Crippen LogP contribution < -0.4 is 15.0 Å². The number of aryl methyl sites for hydroxylation is 1. The summed E-state index contributed by atoms with van der Waals surface area (Å²) in [6.07, 6.45) is 4.27. The second-order valence-electron chi connectivity index (χ2n) is 7.68. The van der Waals surface area contributed by atoms with Crippen LogP contribution in [-0.4, -0.2) is 45.1 Å². The topological polar surface area (TPSA) is 91.8 Å². The number of fused-ring (bicyclic) bond motifs is 3. The molecule has 1 aliphatic heterocycles. The number of nitrogens with one attached hydrogen (secondary N) is 2. The molecule has 30 heavy (non-hydrogen) atoms. The molecule has 0 saturated carbocycles. The molecule has 5 rings (SSSR count). The molecule has 1 atom stereocenters. The van der Waals surface area contributed by atoms with Crippen LogP contribution in [0.2, 0.25) is 0 Å². The van der Waals surface area contributed by atoms with Crippen LogP contribution in [-0.2, 0) is 0 Å². The molecule has 0 unspecified atom stereocenters. The molecular formula is C21H22FN7O. The summed E-state index contributed by atoms with van der Waals surface area (Å²) in [5.74, 6) is 2.14. The van der Waals surface area contributed by atoms with E-state index in [-0.39, 0.29) is 11.8 Å². The molecule has 1 aliphatic rings. The van der Waals surface area contributed by atoms with Gasteiger partial charge in [-0.1, -0.05) is 6.92 Å². The van der Waals surface area contributed by atoms with E-state index in [1.165, 1.54) is 6.07 Å². The minimum Gasteiger partial charge on any atom is -0.421 e. The highest BCUT2D eigenvalue weighted by atomic mass is 19.1.